The number of aromatic nitrogens is 2. The zero-order valence-corrected chi connectivity index (χ0v) is 14.8. The predicted octanol–water partition coefficient (Wildman–Crippen LogP) is 1.59. The summed E-state index contributed by atoms with van der Waals surface area (Å²) in [6.45, 7) is 2.20. The molecule has 9 heteroatoms. The maximum atomic E-state index is 12.2. The molecule has 0 radical (unpaired) electrons. The van der Waals surface area contributed by atoms with Gasteiger partial charge in [0, 0.05) is 31.7 Å². The van der Waals surface area contributed by atoms with Crippen molar-refractivity contribution in [3.63, 3.8) is 0 Å². The van der Waals surface area contributed by atoms with Crippen LogP contribution in [0, 0.1) is 6.92 Å². The molecule has 0 aliphatic heterocycles. The van der Waals surface area contributed by atoms with E-state index in [9.17, 15) is 9.59 Å². The summed E-state index contributed by atoms with van der Waals surface area (Å²) >= 11 is 1.34. The Hall–Kier alpha value is -2.39. The molecule has 0 aliphatic rings. The molecule has 2 aromatic rings. The minimum atomic E-state index is -0.603. The summed E-state index contributed by atoms with van der Waals surface area (Å²) in [4.78, 5) is 28.0. The van der Waals surface area contributed by atoms with Gasteiger partial charge >= 0.3 is 5.97 Å². The fourth-order valence-corrected chi connectivity index (χ4v) is 2.70. The molecule has 1 N–H and O–H groups in total. The van der Waals surface area contributed by atoms with E-state index in [1.807, 2.05) is 13.0 Å². The summed E-state index contributed by atoms with van der Waals surface area (Å²) in [6, 6.07) is 5.06. The van der Waals surface area contributed by atoms with Gasteiger partial charge in [0.25, 0.3) is 5.91 Å². The van der Waals surface area contributed by atoms with Crippen LogP contribution in [0.3, 0.4) is 0 Å². The second-order valence-electron chi connectivity index (χ2n) is 4.99. The fraction of sp³-hybridized carbons (Fsp3) is 0.375. The van der Waals surface area contributed by atoms with E-state index in [2.05, 4.69) is 15.5 Å². The van der Waals surface area contributed by atoms with E-state index in [0.717, 1.165) is 11.5 Å². The Morgan fingerprint density at radius 3 is 2.96 bits per heavy atom. The zero-order chi connectivity index (χ0) is 18.1. The summed E-state index contributed by atoms with van der Waals surface area (Å²) in [7, 11) is 1.54. The van der Waals surface area contributed by atoms with Gasteiger partial charge in [-0.05, 0) is 19.1 Å². The van der Waals surface area contributed by atoms with Crippen molar-refractivity contribution in [2.24, 2.45) is 0 Å². The lowest BCUT2D eigenvalue weighted by Crippen LogP contribution is -2.31. The molecule has 0 unspecified atom stereocenters. The predicted molar refractivity (Wildman–Crippen MR) is 90.2 cm³/mol. The van der Waals surface area contributed by atoms with Crippen molar-refractivity contribution in [3.8, 4) is 0 Å². The first-order chi connectivity index (χ1) is 12.1. The van der Waals surface area contributed by atoms with Crippen molar-refractivity contribution in [2.75, 3.05) is 26.9 Å². The summed E-state index contributed by atoms with van der Waals surface area (Å²) < 4.78 is 14.9. The zero-order valence-electron chi connectivity index (χ0n) is 14.0. The van der Waals surface area contributed by atoms with Crippen LogP contribution in [0.1, 0.15) is 21.8 Å². The quantitative estimate of drug-likeness (QED) is 0.406. The number of methoxy groups -OCH3 is 1. The van der Waals surface area contributed by atoms with Crippen molar-refractivity contribution >= 4 is 23.6 Å². The highest BCUT2D eigenvalue weighted by Crippen LogP contribution is 2.24. The van der Waals surface area contributed by atoms with Crippen LogP contribution in [0.5, 0.6) is 0 Å². The summed E-state index contributed by atoms with van der Waals surface area (Å²) in [5.74, 6) is 0.234. The lowest BCUT2D eigenvalue weighted by molar-refractivity contribution is -0.124. The molecule has 0 spiro atoms. The molecule has 134 valence electrons. The Labute approximate surface area is 149 Å². The number of hydrogen-bond acceptors (Lipinski definition) is 8. The van der Waals surface area contributed by atoms with Gasteiger partial charge in [-0.3, -0.25) is 4.79 Å². The van der Waals surface area contributed by atoms with E-state index in [1.54, 1.807) is 18.3 Å². The maximum absolute atomic E-state index is 12.2. The minimum absolute atomic E-state index is 0.303. The SMILES string of the molecule is COCCNC(=O)COC(=O)c1cccnc1SCc1cc(C)on1. The first-order valence-corrected chi connectivity index (χ1v) is 8.51. The van der Waals surface area contributed by atoms with Crippen molar-refractivity contribution in [3.05, 3.63) is 41.4 Å². The number of pyridine rings is 1. The van der Waals surface area contributed by atoms with E-state index in [1.165, 1.54) is 18.9 Å². The molecule has 0 saturated carbocycles. The van der Waals surface area contributed by atoms with Crippen LogP contribution < -0.4 is 5.32 Å². The smallest absolute Gasteiger partial charge is 0.341 e. The molecule has 0 aromatic carbocycles. The van der Waals surface area contributed by atoms with E-state index < -0.39 is 5.97 Å². The number of carbonyl (C=O) groups is 2. The van der Waals surface area contributed by atoms with Crippen LogP contribution in [0.4, 0.5) is 0 Å². The highest BCUT2D eigenvalue weighted by Gasteiger charge is 2.16. The molecule has 25 heavy (non-hydrogen) atoms. The third kappa shape index (κ3) is 6.20. The molecule has 0 atom stereocenters. The van der Waals surface area contributed by atoms with Gasteiger partial charge in [-0.1, -0.05) is 16.9 Å². The fourth-order valence-electron chi connectivity index (χ4n) is 1.84. The number of carbonyl (C=O) groups excluding carboxylic acids is 2. The van der Waals surface area contributed by atoms with Crippen molar-refractivity contribution in [1.29, 1.82) is 0 Å². The second-order valence-corrected chi connectivity index (χ2v) is 5.96. The molecule has 0 saturated heterocycles. The number of aryl methyl sites for hydroxylation is 1. The third-order valence-corrected chi connectivity index (χ3v) is 4.03. The van der Waals surface area contributed by atoms with Crippen LogP contribution in [-0.2, 0) is 20.0 Å². The first-order valence-electron chi connectivity index (χ1n) is 7.53. The number of amides is 1. The van der Waals surface area contributed by atoms with Gasteiger partial charge in [0.05, 0.1) is 17.9 Å². The van der Waals surface area contributed by atoms with Crippen LogP contribution in [-0.4, -0.2) is 48.9 Å². The standard InChI is InChI=1S/C16H19N3O5S/c1-11-8-12(19-24-11)10-25-15-13(4-3-5-18-15)16(21)23-9-14(20)17-6-7-22-2/h3-5,8H,6-7,9-10H2,1-2H3,(H,17,20). The average molecular weight is 365 g/mol. The van der Waals surface area contributed by atoms with Crippen LogP contribution in [0.25, 0.3) is 0 Å². The molecule has 2 rings (SSSR count). The molecule has 0 bridgehead atoms. The minimum Gasteiger partial charge on any atom is -0.452 e. The molecule has 0 aliphatic carbocycles. The largest absolute Gasteiger partial charge is 0.452 e. The van der Waals surface area contributed by atoms with Crippen LogP contribution in [0.15, 0.2) is 33.9 Å². The third-order valence-electron chi connectivity index (χ3n) is 2.99. The van der Waals surface area contributed by atoms with Crippen molar-refractivity contribution in [1.82, 2.24) is 15.5 Å². The van der Waals surface area contributed by atoms with E-state index in [4.69, 9.17) is 14.0 Å². The number of thioether (sulfide) groups is 1. The molecular formula is C16H19N3O5S. The molecule has 1 amide bonds. The Morgan fingerprint density at radius 1 is 1.40 bits per heavy atom. The van der Waals surface area contributed by atoms with Gasteiger partial charge in [0.2, 0.25) is 0 Å². The number of rotatable bonds is 9. The van der Waals surface area contributed by atoms with Gasteiger partial charge in [0.15, 0.2) is 6.61 Å². The molecule has 0 fully saturated rings. The highest BCUT2D eigenvalue weighted by atomic mass is 32.2. The lowest BCUT2D eigenvalue weighted by Gasteiger charge is -2.08. The summed E-state index contributed by atoms with van der Waals surface area (Å²) in [5.41, 5.74) is 1.06. The van der Waals surface area contributed by atoms with Gasteiger partial charge in [-0.15, -0.1) is 0 Å². The normalized spacial score (nSPS) is 10.5. The first kappa shape index (κ1) is 18.9. The summed E-state index contributed by atoms with van der Waals surface area (Å²) in [5, 5.41) is 6.98. The monoisotopic (exact) mass is 365 g/mol. The number of nitrogens with zero attached hydrogens (tertiary/aromatic N) is 2. The van der Waals surface area contributed by atoms with Gasteiger partial charge in [-0.25, -0.2) is 9.78 Å². The Kier molecular flexibility index (Phi) is 7.42. The Bertz CT molecular complexity index is 719. The second kappa shape index (κ2) is 9.80. The number of esters is 1. The van der Waals surface area contributed by atoms with Gasteiger partial charge < -0.3 is 19.3 Å². The van der Waals surface area contributed by atoms with Crippen molar-refractivity contribution < 1.29 is 23.6 Å². The average Bonchev–Trinajstić information content (AvgIpc) is 3.04. The van der Waals surface area contributed by atoms with E-state index in [0.29, 0.717) is 29.5 Å². The van der Waals surface area contributed by atoms with Crippen LogP contribution >= 0.6 is 11.8 Å². The van der Waals surface area contributed by atoms with Gasteiger partial charge in [0.1, 0.15) is 10.8 Å². The van der Waals surface area contributed by atoms with Gasteiger partial charge in [-0.2, -0.15) is 0 Å². The topological polar surface area (TPSA) is 104 Å². The maximum Gasteiger partial charge on any atom is 0.341 e. The van der Waals surface area contributed by atoms with Crippen LogP contribution in [0.2, 0.25) is 0 Å². The molecular weight excluding hydrogens is 346 g/mol. The lowest BCUT2D eigenvalue weighted by atomic mass is 10.3. The number of ether oxygens (including phenoxy) is 2. The Morgan fingerprint density at radius 2 is 2.24 bits per heavy atom. The molecule has 8 nitrogen and oxygen atoms in total. The molecule has 2 heterocycles. The number of nitrogens with one attached hydrogen (secondary N) is 1. The molecule has 2 aromatic heterocycles. The van der Waals surface area contributed by atoms with Crippen molar-refractivity contribution in [2.45, 2.75) is 17.7 Å². The Balaban J connectivity index is 1.89. The highest BCUT2D eigenvalue weighted by molar-refractivity contribution is 7.98. The van der Waals surface area contributed by atoms with E-state index in [-0.39, 0.29) is 12.5 Å². The van der Waals surface area contributed by atoms with E-state index >= 15 is 0 Å². The summed E-state index contributed by atoms with van der Waals surface area (Å²) in [6.07, 6.45) is 1.59. The number of hydrogen-bond donors (Lipinski definition) is 1.